The monoisotopic (exact) mass is 250 g/mol. The van der Waals surface area contributed by atoms with Crippen LogP contribution in [0.1, 0.15) is 43.1 Å². The van der Waals surface area contributed by atoms with E-state index >= 15 is 0 Å². The smallest absolute Gasteiger partial charge is 0.251 e. The lowest BCUT2D eigenvalue weighted by molar-refractivity contribution is 0.0911. The van der Waals surface area contributed by atoms with Crippen molar-refractivity contribution in [1.29, 1.82) is 0 Å². The van der Waals surface area contributed by atoms with Crippen molar-refractivity contribution in [1.82, 2.24) is 5.32 Å². The lowest BCUT2D eigenvalue weighted by Gasteiger charge is -2.24. The molecule has 1 aromatic carbocycles. The normalized spacial score (nSPS) is 11.0. The Morgan fingerprint density at radius 2 is 1.76 bits per heavy atom. The predicted octanol–water partition coefficient (Wildman–Crippen LogP) is 2.24. The molecule has 0 radical (unpaired) electrons. The van der Waals surface area contributed by atoms with E-state index in [0.717, 1.165) is 12.0 Å². The molecule has 0 aromatic heterocycles. The third-order valence-electron chi connectivity index (χ3n) is 2.77. The fourth-order valence-electron chi connectivity index (χ4n) is 1.25. The molecule has 0 saturated carbocycles. The first-order valence-corrected chi connectivity index (χ1v) is 5.99. The van der Waals surface area contributed by atoms with Crippen molar-refractivity contribution in [3.05, 3.63) is 35.4 Å². The van der Waals surface area contributed by atoms with Crippen LogP contribution in [0.5, 0.6) is 0 Å². The first kappa shape index (κ1) is 13.6. The van der Waals surface area contributed by atoms with Gasteiger partial charge in [-0.1, -0.05) is 31.3 Å². The van der Waals surface area contributed by atoms with Gasteiger partial charge in [0.1, 0.15) is 4.99 Å². The summed E-state index contributed by atoms with van der Waals surface area (Å²) in [5.41, 5.74) is 6.69. The predicted molar refractivity (Wildman–Crippen MR) is 74.2 cm³/mol. The zero-order valence-electron chi connectivity index (χ0n) is 10.4. The van der Waals surface area contributed by atoms with Gasteiger partial charge in [-0.2, -0.15) is 0 Å². The second kappa shape index (κ2) is 5.27. The summed E-state index contributed by atoms with van der Waals surface area (Å²) in [6.45, 7) is 6.03. The summed E-state index contributed by atoms with van der Waals surface area (Å²) in [5, 5.41) is 2.97. The molecule has 1 rings (SSSR count). The van der Waals surface area contributed by atoms with Crippen LogP contribution in [0, 0.1) is 0 Å². The number of thiocarbonyl (C=S) groups is 1. The van der Waals surface area contributed by atoms with E-state index in [-0.39, 0.29) is 11.4 Å². The highest BCUT2D eigenvalue weighted by Gasteiger charge is 2.18. The van der Waals surface area contributed by atoms with Crippen LogP contribution in [0.4, 0.5) is 0 Å². The number of rotatable bonds is 4. The van der Waals surface area contributed by atoms with E-state index in [0.29, 0.717) is 10.6 Å². The van der Waals surface area contributed by atoms with Gasteiger partial charge in [0, 0.05) is 16.7 Å². The summed E-state index contributed by atoms with van der Waals surface area (Å²) in [4.78, 5) is 12.3. The Kier molecular flexibility index (Phi) is 4.23. The average Bonchev–Trinajstić information content (AvgIpc) is 2.28. The van der Waals surface area contributed by atoms with E-state index in [1.807, 2.05) is 20.8 Å². The lowest BCUT2D eigenvalue weighted by atomic mass is 10.0. The van der Waals surface area contributed by atoms with Crippen LogP contribution in [-0.4, -0.2) is 16.4 Å². The van der Waals surface area contributed by atoms with Crippen molar-refractivity contribution in [2.75, 3.05) is 0 Å². The van der Waals surface area contributed by atoms with Crippen LogP contribution in [0.25, 0.3) is 0 Å². The summed E-state index contributed by atoms with van der Waals surface area (Å²) in [5.74, 6) is -0.0775. The van der Waals surface area contributed by atoms with Gasteiger partial charge >= 0.3 is 0 Å². The lowest BCUT2D eigenvalue weighted by Crippen LogP contribution is -2.42. The minimum absolute atomic E-state index is 0.0775. The van der Waals surface area contributed by atoms with Crippen LogP contribution in [0.3, 0.4) is 0 Å². The number of carbonyl (C=O) groups is 1. The van der Waals surface area contributed by atoms with Crippen molar-refractivity contribution >= 4 is 23.1 Å². The highest BCUT2D eigenvalue weighted by molar-refractivity contribution is 7.80. The molecular formula is C13H18N2OS. The molecular weight excluding hydrogens is 232 g/mol. The number of benzene rings is 1. The van der Waals surface area contributed by atoms with E-state index in [4.69, 9.17) is 18.0 Å². The first-order valence-electron chi connectivity index (χ1n) is 5.58. The Balaban J connectivity index is 2.80. The van der Waals surface area contributed by atoms with Gasteiger partial charge < -0.3 is 11.1 Å². The van der Waals surface area contributed by atoms with Crippen LogP contribution in [0.2, 0.25) is 0 Å². The molecule has 0 aliphatic heterocycles. The summed E-state index contributed by atoms with van der Waals surface area (Å²) in [7, 11) is 0. The largest absolute Gasteiger partial charge is 0.389 e. The third-order valence-corrected chi connectivity index (χ3v) is 3.00. The Morgan fingerprint density at radius 3 is 2.18 bits per heavy atom. The fraction of sp³-hybridized carbons (Fsp3) is 0.385. The van der Waals surface area contributed by atoms with E-state index in [9.17, 15) is 4.79 Å². The number of hydrogen-bond donors (Lipinski definition) is 2. The van der Waals surface area contributed by atoms with E-state index in [2.05, 4.69) is 5.32 Å². The standard InChI is InChI=1S/C13H18N2OS/c1-4-13(2,3)15-12(16)10-7-5-9(6-8-10)11(14)17/h5-8H,4H2,1-3H3,(H2,14,17)(H,15,16). The van der Waals surface area contributed by atoms with E-state index in [1.54, 1.807) is 24.3 Å². The summed E-state index contributed by atoms with van der Waals surface area (Å²) in [6, 6.07) is 6.98. The van der Waals surface area contributed by atoms with Crippen molar-refractivity contribution in [3.8, 4) is 0 Å². The van der Waals surface area contributed by atoms with Gasteiger partial charge in [0.25, 0.3) is 5.91 Å². The minimum atomic E-state index is -0.196. The van der Waals surface area contributed by atoms with Gasteiger partial charge in [-0.3, -0.25) is 4.79 Å². The summed E-state index contributed by atoms with van der Waals surface area (Å²) < 4.78 is 0. The topological polar surface area (TPSA) is 55.1 Å². The zero-order valence-corrected chi connectivity index (χ0v) is 11.2. The third kappa shape index (κ3) is 3.82. The van der Waals surface area contributed by atoms with Crippen LogP contribution < -0.4 is 11.1 Å². The second-order valence-electron chi connectivity index (χ2n) is 4.63. The molecule has 1 amide bonds. The fourth-order valence-corrected chi connectivity index (χ4v) is 1.39. The molecule has 0 fully saturated rings. The zero-order chi connectivity index (χ0) is 13.1. The molecule has 0 atom stereocenters. The summed E-state index contributed by atoms with van der Waals surface area (Å²) in [6.07, 6.45) is 0.879. The molecule has 0 aliphatic rings. The average molecular weight is 250 g/mol. The molecule has 0 aliphatic carbocycles. The maximum absolute atomic E-state index is 11.9. The molecule has 0 bridgehead atoms. The highest BCUT2D eigenvalue weighted by atomic mass is 32.1. The van der Waals surface area contributed by atoms with Crippen LogP contribution in [-0.2, 0) is 0 Å². The van der Waals surface area contributed by atoms with Gasteiger partial charge in [0.05, 0.1) is 0 Å². The van der Waals surface area contributed by atoms with Crippen LogP contribution >= 0.6 is 12.2 Å². The summed E-state index contributed by atoms with van der Waals surface area (Å²) >= 11 is 4.85. The van der Waals surface area contributed by atoms with Crippen molar-refractivity contribution in [2.45, 2.75) is 32.7 Å². The second-order valence-corrected chi connectivity index (χ2v) is 5.07. The number of amides is 1. The van der Waals surface area contributed by atoms with E-state index < -0.39 is 0 Å². The molecule has 0 saturated heterocycles. The van der Waals surface area contributed by atoms with Gasteiger partial charge in [-0.15, -0.1) is 0 Å². The molecule has 3 N–H and O–H groups in total. The first-order chi connectivity index (χ1) is 7.85. The molecule has 0 spiro atoms. The Morgan fingerprint density at radius 1 is 1.29 bits per heavy atom. The SMILES string of the molecule is CCC(C)(C)NC(=O)c1ccc(C(N)=S)cc1. The van der Waals surface area contributed by atoms with Gasteiger partial charge in [-0.25, -0.2) is 0 Å². The number of carbonyl (C=O) groups excluding carboxylic acids is 1. The van der Waals surface area contributed by atoms with E-state index in [1.165, 1.54) is 0 Å². The van der Waals surface area contributed by atoms with Gasteiger partial charge in [-0.05, 0) is 32.4 Å². The quantitative estimate of drug-likeness (QED) is 0.806. The number of hydrogen-bond acceptors (Lipinski definition) is 2. The molecule has 17 heavy (non-hydrogen) atoms. The van der Waals surface area contributed by atoms with Gasteiger partial charge in [0.2, 0.25) is 0 Å². The van der Waals surface area contributed by atoms with Gasteiger partial charge in [0.15, 0.2) is 0 Å². The maximum Gasteiger partial charge on any atom is 0.251 e. The minimum Gasteiger partial charge on any atom is -0.389 e. The Hall–Kier alpha value is -1.42. The highest BCUT2D eigenvalue weighted by Crippen LogP contribution is 2.10. The Bertz CT molecular complexity index is 424. The molecule has 0 unspecified atom stereocenters. The molecule has 1 aromatic rings. The van der Waals surface area contributed by atoms with Crippen molar-refractivity contribution in [3.63, 3.8) is 0 Å². The van der Waals surface area contributed by atoms with Crippen molar-refractivity contribution in [2.24, 2.45) is 5.73 Å². The van der Waals surface area contributed by atoms with Crippen LogP contribution in [0.15, 0.2) is 24.3 Å². The van der Waals surface area contributed by atoms with Crippen molar-refractivity contribution < 1.29 is 4.79 Å². The molecule has 92 valence electrons. The molecule has 3 nitrogen and oxygen atoms in total. The maximum atomic E-state index is 11.9. The number of nitrogens with two attached hydrogens (primary N) is 1. The molecule has 4 heteroatoms. The number of nitrogens with one attached hydrogen (secondary N) is 1. The molecule has 0 heterocycles. The Labute approximate surface area is 107 Å².